The summed E-state index contributed by atoms with van der Waals surface area (Å²) in [6, 6.07) is 0. The third-order valence-corrected chi connectivity index (χ3v) is 2.62. The Balaban J connectivity index is 2.03. The Bertz CT molecular complexity index is 294. The van der Waals surface area contributed by atoms with Gasteiger partial charge in [-0.25, -0.2) is 0 Å². The van der Waals surface area contributed by atoms with Gasteiger partial charge in [0.25, 0.3) is 0 Å². The van der Waals surface area contributed by atoms with Crippen LogP contribution in [0.1, 0.15) is 12.8 Å². The minimum atomic E-state index is -0.274. The van der Waals surface area contributed by atoms with Crippen LogP contribution in [0, 0.1) is 0 Å². The molecule has 2 nitrogen and oxygen atoms in total. The quantitative estimate of drug-likeness (QED) is 0.529. The SMILES string of the molecule is C=CCC1=CC=C2OC(CCl)OC2C1. The molecule has 1 aliphatic heterocycles. The average molecular weight is 213 g/mol. The summed E-state index contributed by atoms with van der Waals surface area (Å²) in [5, 5.41) is 0. The van der Waals surface area contributed by atoms with Crippen molar-refractivity contribution in [2.75, 3.05) is 5.88 Å². The molecule has 2 aliphatic rings. The van der Waals surface area contributed by atoms with E-state index in [-0.39, 0.29) is 12.4 Å². The Labute approximate surface area is 88.8 Å². The summed E-state index contributed by atoms with van der Waals surface area (Å²) in [7, 11) is 0. The summed E-state index contributed by atoms with van der Waals surface area (Å²) >= 11 is 5.66. The van der Waals surface area contributed by atoms with Crippen molar-refractivity contribution >= 4 is 11.6 Å². The smallest absolute Gasteiger partial charge is 0.213 e. The number of hydrogen-bond donors (Lipinski definition) is 0. The lowest BCUT2D eigenvalue weighted by molar-refractivity contribution is -0.0342. The first kappa shape index (κ1) is 9.81. The molecule has 0 aromatic carbocycles. The molecule has 2 unspecified atom stereocenters. The minimum absolute atomic E-state index is 0.0682. The lowest BCUT2D eigenvalue weighted by Crippen LogP contribution is -2.14. The highest BCUT2D eigenvalue weighted by molar-refractivity contribution is 6.18. The molecule has 1 fully saturated rings. The molecule has 0 amide bonds. The highest BCUT2D eigenvalue weighted by Crippen LogP contribution is 2.32. The predicted octanol–water partition coefficient (Wildman–Crippen LogP) is 2.76. The zero-order valence-electron chi connectivity index (χ0n) is 7.91. The summed E-state index contributed by atoms with van der Waals surface area (Å²) in [5.74, 6) is 1.29. The molecular weight excluding hydrogens is 200 g/mol. The van der Waals surface area contributed by atoms with Crippen molar-refractivity contribution in [3.8, 4) is 0 Å². The predicted molar refractivity (Wildman–Crippen MR) is 56.1 cm³/mol. The maximum atomic E-state index is 5.66. The Morgan fingerprint density at radius 2 is 2.43 bits per heavy atom. The fourth-order valence-corrected chi connectivity index (χ4v) is 1.85. The van der Waals surface area contributed by atoms with Crippen LogP contribution < -0.4 is 0 Å². The highest BCUT2D eigenvalue weighted by atomic mass is 35.5. The maximum absolute atomic E-state index is 5.66. The Hall–Kier alpha value is -0.730. The molecule has 1 saturated heterocycles. The van der Waals surface area contributed by atoms with Crippen LogP contribution in [0.5, 0.6) is 0 Å². The molecule has 1 heterocycles. The van der Waals surface area contributed by atoms with E-state index >= 15 is 0 Å². The summed E-state index contributed by atoms with van der Waals surface area (Å²) < 4.78 is 11.1. The van der Waals surface area contributed by atoms with Gasteiger partial charge in [0, 0.05) is 6.42 Å². The first-order chi connectivity index (χ1) is 6.83. The second-order valence-electron chi connectivity index (χ2n) is 3.42. The Kier molecular flexibility index (Phi) is 2.94. The fraction of sp³-hybridized carbons (Fsp3) is 0.455. The molecule has 2 rings (SSSR count). The molecule has 0 bridgehead atoms. The van der Waals surface area contributed by atoms with Gasteiger partial charge in [0.1, 0.15) is 11.9 Å². The van der Waals surface area contributed by atoms with E-state index in [1.165, 1.54) is 5.57 Å². The van der Waals surface area contributed by atoms with Crippen LogP contribution in [-0.4, -0.2) is 18.3 Å². The third kappa shape index (κ3) is 1.86. The van der Waals surface area contributed by atoms with Gasteiger partial charge in [0.2, 0.25) is 6.29 Å². The van der Waals surface area contributed by atoms with Gasteiger partial charge in [0.15, 0.2) is 0 Å². The van der Waals surface area contributed by atoms with Crippen LogP contribution in [0.4, 0.5) is 0 Å². The monoisotopic (exact) mass is 212 g/mol. The van der Waals surface area contributed by atoms with Gasteiger partial charge >= 0.3 is 0 Å². The maximum Gasteiger partial charge on any atom is 0.213 e. The van der Waals surface area contributed by atoms with Crippen LogP contribution in [-0.2, 0) is 9.47 Å². The highest BCUT2D eigenvalue weighted by Gasteiger charge is 2.32. The first-order valence-corrected chi connectivity index (χ1v) is 5.25. The number of hydrogen-bond acceptors (Lipinski definition) is 2. The molecule has 0 saturated carbocycles. The van der Waals surface area contributed by atoms with Gasteiger partial charge in [-0.1, -0.05) is 17.7 Å². The van der Waals surface area contributed by atoms with E-state index in [4.69, 9.17) is 21.1 Å². The first-order valence-electron chi connectivity index (χ1n) is 4.72. The number of allylic oxidation sites excluding steroid dienone is 3. The van der Waals surface area contributed by atoms with Gasteiger partial charge in [-0.05, 0) is 12.5 Å². The molecule has 0 radical (unpaired) electrons. The summed E-state index contributed by atoms with van der Waals surface area (Å²) in [5.41, 5.74) is 1.33. The zero-order valence-corrected chi connectivity index (χ0v) is 8.67. The van der Waals surface area contributed by atoms with Crippen molar-refractivity contribution in [1.29, 1.82) is 0 Å². The molecule has 0 spiro atoms. The molecule has 3 heteroatoms. The number of fused-ring (bicyclic) bond motifs is 1. The van der Waals surface area contributed by atoms with Crippen molar-refractivity contribution < 1.29 is 9.47 Å². The normalized spacial score (nSPS) is 30.1. The Morgan fingerprint density at radius 3 is 3.14 bits per heavy atom. The van der Waals surface area contributed by atoms with Gasteiger partial charge < -0.3 is 9.47 Å². The zero-order chi connectivity index (χ0) is 9.97. The van der Waals surface area contributed by atoms with Gasteiger partial charge in [-0.15, -0.1) is 18.2 Å². The standard InChI is InChI=1S/C11H13ClO2/c1-2-3-8-4-5-9-10(6-8)14-11(7-12)13-9/h2,4-5,10-11H,1,3,6-7H2. The van der Waals surface area contributed by atoms with Crippen LogP contribution in [0.3, 0.4) is 0 Å². The van der Waals surface area contributed by atoms with Crippen molar-refractivity contribution in [1.82, 2.24) is 0 Å². The van der Waals surface area contributed by atoms with E-state index in [2.05, 4.69) is 12.7 Å². The molecule has 0 N–H and O–H groups in total. The molecular formula is C11H13ClO2. The van der Waals surface area contributed by atoms with Crippen molar-refractivity contribution in [3.05, 3.63) is 36.1 Å². The van der Waals surface area contributed by atoms with Gasteiger partial charge in [0.05, 0.1) is 5.88 Å². The van der Waals surface area contributed by atoms with E-state index < -0.39 is 0 Å². The largest absolute Gasteiger partial charge is 0.465 e. The summed E-state index contributed by atoms with van der Waals surface area (Å²) in [6.45, 7) is 3.72. The number of ether oxygens (including phenoxy) is 2. The fourth-order valence-electron chi connectivity index (χ4n) is 1.71. The topological polar surface area (TPSA) is 18.5 Å². The van der Waals surface area contributed by atoms with E-state index in [9.17, 15) is 0 Å². The van der Waals surface area contributed by atoms with Gasteiger partial charge in [-0.2, -0.15) is 0 Å². The van der Waals surface area contributed by atoms with Crippen molar-refractivity contribution in [2.45, 2.75) is 25.2 Å². The lowest BCUT2D eigenvalue weighted by atomic mass is 9.99. The molecule has 76 valence electrons. The van der Waals surface area contributed by atoms with Crippen LogP contribution >= 0.6 is 11.6 Å². The molecule has 14 heavy (non-hydrogen) atoms. The van der Waals surface area contributed by atoms with Crippen LogP contribution in [0.15, 0.2) is 36.1 Å². The average Bonchev–Trinajstić information content (AvgIpc) is 2.60. The summed E-state index contributed by atoms with van der Waals surface area (Å²) in [4.78, 5) is 0. The number of halogens is 1. The van der Waals surface area contributed by atoms with Crippen molar-refractivity contribution in [3.63, 3.8) is 0 Å². The molecule has 2 atom stereocenters. The van der Waals surface area contributed by atoms with Crippen LogP contribution in [0.2, 0.25) is 0 Å². The Morgan fingerprint density at radius 1 is 1.57 bits per heavy atom. The van der Waals surface area contributed by atoms with Crippen molar-refractivity contribution in [2.24, 2.45) is 0 Å². The molecule has 1 aliphatic carbocycles. The molecule has 0 aromatic rings. The van der Waals surface area contributed by atoms with Crippen LogP contribution in [0.25, 0.3) is 0 Å². The van der Waals surface area contributed by atoms with E-state index in [0.29, 0.717) is 5.88 Å². The van der Waals surface area contributed by atoms with Gasteiger partial charge in [-0.3, -0.25) is 0 Å². The lowest BCUT2D eigenvalue weighted by Gasteiger charge is -2.14. The minimum Gasteiger partial charge on any atom is -0.465 e. The second-order valence-corrected chi connectivity index (χ2v) is 3.73. The third-order valence-electron chi connectivity index (χ3n) is 2.36. The van der Waals surface area contributed by atoms with E-state index in [0.717, 1.165) is 18.6 Å². The second kappa shape index (κ2) is 4.20. The molecule has 0 aromatic heterocycles. The van der Waals surface area contributed by atoms with E-state index in [1.807, 2.05) is 12.2 Å². The number of rotatable bonds is 3. The van der Waals surface area contributed by atoms with E-state index in [1.54, 1.807) is 0 Å². The number of alkyl halides is 1. The summed E-state index contributed by atoms with van der Waals surface area (Å²) in [6.07, 6.45) is 7.55.